The quantitative estimate of drug-likeness (QED) is 0.677. The van der Waals surface area contributed by atoms with Crippen LogP contribution in [0.4, 0.5) is 5.69 Å². The third kappa shape index (κ3) is 1.79. The van der Waals surface area contributed by atoms with Crippen molar-refractivity contribution in [3.63, 3.8) is 0 Å². The minimum absolute atomic E-state index is 1.01. The highest BCUT2D eigenvalue weighted by Crippen LogP contribution is 2.35. The third-order valence-electron chi connectivity index (χ3n) is 4.22. The van der Waals surface area contributed by atoms with E-state index in [4.69, 9.17) is 0 Å². The van der Waals surface area contributed by atoms with Crippen molar-refractivity contribution in [2.24, 2.45) is 0 Å². The molecule has 0 radical (unpaired) electrons. The smallest absolute Gasteiger partial charge is 0.0558 e. The molecule has 4 rings (SSSR count). The average Bonchev–Trinajstić information content (AvgIpc) is 3.07. The number of rotatable bonds is 2. The summed E-state index contributed by atoms with van der Waals surface area (Å²) in [6.07, 6.45) is 5.52. The van der Waals surface area contributed by atoms with Crippen LogP contribution in [-0.2, 0) is 6.42 Å². The normalized spacial score (nSPS) is 12.9. The number of nitrogens with zero attached hydrogens (tertiary/aromatic N) is 2. The maximum absolute atomic E-state index is 2.40. The number of para-hydroxylation sites is 1. The summed E-state index contributed by atoms with van der Waals surface area (Å²) in [5.41, 5.74) is 6.54. The number of anilines is 1. The van der Waals surface area contributed by atoms with Crippen LogP contribution in [0.5, 0.6) is 0 Å². The molecule has 0 unspecified atom stereocenters. The van der Waals surface area contributed by atoms with Crippen molar-refractivity contribution in [1.29, 1.82) is 0 Å². The summed E-state index contributed by atoms with van der Waals surface area (Å²) in [5, 5.41) is 1.34. The molecule has 0 amide bonds. The van der Waals surface area contributed by atoms with Crippen LogP contribution in [0.1, 0.15) is 11.3 Å². The van der Waals surface area contributed by atoms with Gasteiger partial charge in [0, 0.05) is 48.5 Å². The molecule has 1 aromatic heterocycles. The third-order valence-corrected chi connectivity index (χ3v) is 4.22. The van der Waals surface area contributed by atoms with Gasteiger partial charge in [-0.1, -0.05) is 36.4 Å². The fourth-order valence-corrected chi connectivity index (χ4v) is 3.18. The number of hydrogen-bond acceptors (Lipinski definition) is 1. The Morgan fingerprint density at radius 3 is 2.57 bits per heavy atom. The number of aromatic nitrogens is 1. The van der Waals surface area contributed by atoms with Gasteiger partial charge in [-0.3, -0.25) is 0 Å². The zero-order valence-corrected chi connectivity index (χ0v) is 12.4. The van der Waals surface area contributed by atoms with Crippen molar-refractivity contribution < 1.29 is 0 Å². The van der Waals surface area contributed by atoms with Crippen molar-refractivity contribution >= 4 is 22.7 Å². The summed E-state index contributed by atoms with van der Waals surface area (Å²) in [6, 6.07) is 17.4. The zero-order valence-electron chi connectivity index (χ0n) is 12.4. The predicted octanol–water partition coefficient (Wildman–Crippen LogP) is 4.27. The average molecular weight is 274 g/mol. The maximum Gasteiger partial charge on any atom is 0.0558 e. The van der Waals surface area contributed by atoms with Crippen LogP contribution in [0.25, 0.3) is 22.7 Å². The highest BCUT2D eigenvalue weighted by Gasteiger charge is 2.19. The van der Waals surface area contributed by atoms with Crippen molar-refractivity contribution in [1.82, 2.24) is 4.57 Å². The predicted molar refractivity (Wildman–Crippen MR) is 90.3 cm³/mol. The number of benzene rings is 2. The van der Waals surface area contributed by atoms with Gasteiger partial charge in [0.05, 0.1) is 5.52 Å². The number of hydrogen-bond donors (Lipinski definition) is 0. The summed E-state index contributed by atoms with van der Waals surface area (Å²) in [5.74, 6) is 0. The number of fused-ring (bicyclic) bond motifs is 3. The van der Waals surface area contributed by atoms with Crippen LogP contribution >= 0.6 is 0 Å². The van der Waals surface area contributed by atoms with Crippen molar-refractivity contribution in [2.75, 3.05) is 19.0 Å². The lowest BCUT2D eigenvalue weighted by atomic mass is 10.1. The maximum atomic E-state index is 2.40. The summed E-state index contributed by atoms with van der Waals surface area (Å²) >= 11 is 0. The van der Waals surface area contributed by atoms with Crippen LogP contribution < -0.4 is 4.90 Å². The standard InChI is InChI=1S/C19H18N2/c1-20(2)15-11-12-17-16-9-6-10-18(16)21(19(17)13-15)14-7-4-3-5-8-14/h3-9,11-13H,10H2,1-2H3. The van der Waals surface area contributed by atoms with Crippen molar-refractivity contribution in [3.8, 4) is 5.69 Å². The molecular formula is C19H18N2. The molecule has 0 aliphatic heterocycles. The Morgan fingerprint density at radius 2 is 1.81 bits per heavy atom. The molecule has 1 heterocycles. The van der Waals surface area contributed by atoms with Crippen LogP contribution in [0.3, 0.4) is 0 Å². The molecular weight excluding hydrogens is 256 g/mol. The first-order valence-corrected chi connectivity index (χ1v) is 7.32. The van der Waals surface area contributed by atoms with Gasteiger partial charge in [0.25, 0.3) is 0 Å². The topological polar surface area (TPSA) is 8.17 Å². The molecule has 2 nitrogen and oxygen atoms in total. The van der Waals surface area contributed by atoms with Gasteiger partial charge in [-0.2, -0.15) is 0 Å². The largest absolute Gasteiger partial charge is 0.378 e. The van der Waals surface area contributed by atoms with E-state index in [2.05, 4.69) is 84.2 Å². The summed E-state index contributed by atoms with van der Waals surface area (Å²) in [6.45, 7) is 0. The molecule has 0 saturated carbocycles. The minimum Gasteiger partial charge on any atom is -0.378 e. The van der Waals surface area contributed by atoms with Gasteiger partial charge in [-0.25, -0.2) is 0 Å². The van der Waals surface area contributed by atoms with E-state index in [0.717, 1.165) is 6.42 Å². The molecule has 1 aliphatic rings. The van der Waals surface area contributed by atoms with E-state index in [9.17, 15) is 0 Å². The first-order valence-electron chi connectivity index (χ1n) is 7.32. The molecule has 0 atom stereocenters. The van der Waals surface area contributed by atoms with E-state index >= 15 is 0 Å². The molecule has 2 aromatic carbocycles. The van der Waals surface area contributed by atoms with Gasteiger partial charge < -0.3 is 9.47 Å². The fourth-order valence-electron chi connectivity index (χ4n) is 3.18. The lowest BCUT2D eigenvalue weighted by Crippen LogP contribution is -2.08. The van der Waals surface area contributed by atoms with Crippen molar-refractivity contribution in [3.05, 3.63) is 65.9 Å². The second kappa shape index (κ2) is 4.52. The summed E-state index contributed by atoms with van der Waals surface area (Å²) < 4.78 is 2.40. The monoisotopic (exact) mass is 274 g/mol. The Hall–Kier alpha value is -2.48. The molecule has 0 spiro atoms. The highest BCUT2D eigenvalue weighted by atomic mass is 15.1. The molecule has 104 valence electrons. The zero-order chi connectivity index (χ0) is 14.4. The SMILES string of the molecule is CN(C)c1ccc2c3c(n(-c4ccccc4)c2c1)CC=C3. The molecule has 0 fully saturated rings. The van der Waals surface area contributed by atoms with Gasteiger partial charge in [-0.05, 0) is 24.3 Å². The summed E-state index contributed by atoms with van der Waals surface area (Å²) in [4.78, 5) is 2.16. The van der Waals surface area contributed by atoms with Crippen LogP contribution in [0, 0.1) is 0 Å². The Morgan fingerprint density at radius 1 is 1.00 bits per heavy atom. The Labute approximate surface area is 124 Å². The van der Waals surface area contributed by atoms with Gasteiger partial charge in [0.1, 0.15) is 0 Å². The molecule has 0 bridgehead atoms. The van der Waals surface area contributed by atoms with E-state index in [1.807, 2.05) is 0 Å². The van der Waals surface area contributed by atoms with Crippen LogP contribution in [0.15, 0.2) is 54.6 Å². The highest BCUT2D eigenvalue weighted by molar-refractivity contribution is 5.96. The van der Waals surface area contributed by atoms with Crippen molar-refractivity contribution in [2.45, 2.75) is 6.42 Å². The van der Waals surface area contributed by atoms with E-state index < -0.39 is 0 Å². The van der Waals surface area contributed by atoms with Crippen LogP contribution in [-0.4, -0.2) is 18.7 Å². The lowest BCUT2D eigenvalue weighted by Gasteiger charge is -2.14. The van der Waals surface area contributed by atoms with E-state index in [1.54, 1.807) is 0 Å². The minimum atomic E-state index is 1.01. The molecule has 0 N–H and O–H groups in total. The van der Waals surface area contributed by atoms with E-state index in [0.29, 0.717) is 0 Å². The molecule has 21 heavy (non-hydrogen) atoms. The Kier molecular flexibility index (Phi) is 2.64. The Balaban J connectivity index is 2.07. The molecule has 1 aliphatic carbocycles. The second-order valence-electron chi connectivity index (χ2n) is 5.73. The lowest BCUT2D eigenvalue weighted by molar-refractivity contribution is 1.01. The second-order valence-corrected chi connectivity index (χ2v) is 5.73. The van der Waals surface area contributed by atoms with Gasteiger partial charge in [-0.15, -0.1) is 0 Å². The molecule has 0 saturated heterocycles. The van der Waals surface area contributed by atoms with E-state index in [-0.39, 0.29) is 0 Å². The van der Waals surface area contributed by atoms with Gasteiger partial charge in [0.2, 0.25) is 0 Å². The first kappa shape index (κ1) is 12.3. The summed E-state index contributed by atoms with van der Waals surface area (Å²) in [7, 11) is 4.18. The Bertz CT molecular complexity index is 839. The molecule has 2 heteroatoms. The van der Waals surface area contributed by atoms with Gasteiger partial charge >= 0.3 is 0 Å². The van der Waals surface area contributed by atoms with Crippen LogP contribution in [0.2, 0.25) is 0 Å². The van der Waals surface area contributed by atoms with Gasteiger partial charge in [0.15, 0.2) is 0 Å². The fraction of sp³-hybridized carbons (Fsp3) is 0.158. The first-order chi connectivity index (χ1) is 10.3. The van der Waals surface area contributed by atoms with E-state index in [1.165, 1.54) is 33.5 Å². The number of allylic oxidation sites excluding steroid dienone is 1. The molecule has 3 aromatic rings.